The third-order valence-corrected chi connectivity index (χ3v) is 2.87. The summed E-state index contributed by atoms with van der Waals surface area (Å²) in [4.78, 5) is 13.4. The van der Waals surface area contributed by atoms with Gasteiger partial charge < -0.3 is 14.4 Å². The van der Waals surface area contributed by atoms with Gasteiger partial charge in [-0.25, -0.2) is 0 Å². The van der Waals surface area contributed by atoms with Crippen molar-refractivity contribution in [1.29, 1.82) is 0 Å². The minimum absolute atomic E-state index is 0.0506. The Morgan fingerprint density at radius 2 is 2.07 bits per heavy atom. The number of rotatable bonds is 5. The van der Waals surface area contributed by atoms with E-state index in [1.54, 1.807) is 7.11 Å². The molecule has 1 rings (SSSR count). The van der Waals surface area contributed by atoms with Crippen molar-refractivity contribution in [3.63, 3.8) is 0 Å². The summed E-state index contributed by atoms with van der Waals surface area (Å²) in [5.41, 5.74) is 0. The number of ether oxygens (including phenoxy) is 2. The highest BCUT2D eigenvalue weighted by molar-refractivity contribution is 6.20. The maximum Gasteiger partial charge on any atom is 0.248 e. The Morgan fingerprint density at radius 1 is 1.40 bits per heavy atom. The van der Waals surface area contributed by atoms with Gasteiger partial charge in [0, 0.05) is 25.6 Å². The van der Waals surface area contributed by atoms with Crippen LogP contribution in [0.1, 0.15) is 12.8 Å². The molecule has 88 valence electrons. The number of carbonyl (C=O) groups excluding carboxylic acids is 1. The molecule has 0 aromatic carbocycles. The molecule has 1 amide bonds. The summed E-state index contributed by atoms with van der Waals surface area (Å²) in [5.74, 6) is 0.0506. The zero-order chi connectivity index (χ0) is 11.1. The van der Waals surface area contributed by atoms with E-state index in [2.05, 4.69) is 0 Å². The van der Waals surface area contributed by atoms with Gasteiger partial charge in [-0.1, -0.05) is 0 Å². The monoisotopic (exact) mass is 235 g/mol. The average Bonchev–Trinajstić information content (AvgIpc) is 2.25. The maximum absolute atomic E-state index is 11.6. The van der Waals surface area contributed by atoms with Gasteiger partial charge >= 0.3 is 0 Å². The number of methoxy groups -OCH3 is 1. The van der Waals surface area contributed by atoms with Crippen LogP contribution in [0.4, 0.5) is 0 Å². The lowest BCUT2D eigenvalue weighted by Gasteiger charge is -2.29. The van der Waals surface area contributed by atoms with Crippen molar-refractivity contribution >= 4 is 17.5 Å². The van der Waals surface area contributed by atoms with E-state index in [1.807, 2.05) is 4.90 Å². The molecule has 0 bridgehead atoms. The van der Waals surface area contributed by atoms with E-state index in [1.165, 1.54) is 0 Å². The fraction of sp³-hybridized carbons (Fsp3) is 0.900. The lowest BCUT2D eigenvalue weighted by Crippen LogP contribution is -2.40. The highest BCUT2D eigenvalue weighted by Gasteiger charge is 2.20. The molecule has 0 saturated carbocycles. The molecule has 0 aliphatic carbocycles. The van der Waals surface area contributed by atoms with Crippen molar-refractivity contribution in [2.24, 2.45) is 0 Å². The zero-order valence-corrected chi connectivity index (χ0v) is 9.83. The van der Waals surface area contributed by atoms with Crippen molar-refractivity contribution in [1.82, 2.24) is 4.90 Å². The van der Waals surface area contributed by atoms with Crippen LogP contribution >= 0.6 is 11.6 Å². The molecule has 0 aromatic rings. The van der Waals surface area contributed by atoms with Crippen LogP contribution in [0.3, 0.4) is 0 Å². The first-order chi connectivity index (χ1) is 7.24. The van der Waals surface area contributed by atoms with Gasteiger partial charge in [-0.2, -0.15) is 0 Å². The van der Waals surface area contributed by atoms with Crippen LogP contribution in [0.2, 0.25) is 0 Å². The largest absolute Gasteiger partial charge is 0.382 e. The summed E-state index contributed by atoms with van der Waals surface area (Å²) in [5, 5.41) is 0.225. The van der Waals surface area contributed by atoms with Gasteiger partial charge in [-0.15, -0.1) is 11.6 Å². The van der Waals surface area contributed by atoms with Gasteiger partial charge in [-0.3, -0.25) is 4.79 Å². The Morgan fingerprint density at radius 3 is 2.67 bits per heavy atom. The molecule has 0 N–H and O–H groups in total. The molecule has 0 spiro atoms. The highest BCUT2D eigenvalue weighted by Crippen LogP contribution is 2.15. The topological polar surface area (TPSA) is 38.8 Å². The fourth-order valence-corrected chi connectivity index (χ4v) is 1.69. The van der Waals surface area contributed by atoms with Crippen molar-refractivity contribution in [2.45, 2.75) is 18.2 Å². The highest BCUT2D eigenvalue weighted by atomic mass is 35.5. The second-order valence-corrected chi connectivity index (χ2v) is 4.22. The van der Waals surface area contributed by atoms with E-state index in [-0.39, 0.29) is 17.9 Å². The number of hydrogen-bond acceptors (Lipinski definition) is 3. The second-order valence-electron chi connectivity index (χ2n) is 3.60. The maximum atomic E-state index is 11.6. The van der Waals surface area contributed by atoms with Crippen LogP contribution < -0.4 is 0 Å². The number of piperidine rings is 1. The van der Waals surface area contributed by atoms with Crippen LogP contribution in [0.25, 0.3) is 0 Å². The van der Waals surface area contributed by atoms with Crippen molar-refractivity contribution in [3.8, 4) is 0 Å². The van der Waals surface area contributed by atoms with Crippen molar-refractivity contribution in [3.05, 3.63) is 0 Å². The molecule has 5 heteroatoms. The Balaban J connectivity index is 2.11. The van der Waals surface area contributed by atoms with E-state index in [4.69, 9.17) is 21.1 Å². The quantitative estimate of drug-likeness (QED) is 0.525. The number of amides is 1. The smallest absolute Gasteiger partial charge is 0.248 e. The summed E-state index contributed by atoms with van der Waals surface area (Å²) >= 11 is 5.95. The lowest BCUT2D eigenvalue weighted by molar-refractivity contribution is -0.137. The Labute approximate surface area is 95.5 Å². The SMILES string of the molecule is COCCOCC(=O)N1CCC(Cl)CC1. The number of carbonyl (C=O) groups is 1. The van der Waals surface area contributed by atoms with Crippen LogP contribution in [-0.4, -0.2) is 56.2 Å². The molecule has 0 unspecified atom stereocenters. The molecular formula is C10H18ClNO3. The molecule has 0 atom stereocenters. The number of alkyl halides is 1. The third-order valence-electron chi connectivity index (χ3n) is 2.43. The number of nitrogens with zero attached hydrogens (tertiary/aromatic N) is 1. The number of halogens is 1. The Kier molecular flexibility index (Phi) is 5.98. The van der Waals surface area contributed by atoms with E-state index in [0.717, 1.165) is 25.9 Å². The zero-order valence-electron chi connectivity index (χ0n) is 9.08. The van der Waals surface area contributed by atoms with E-state index < -0.39 is 0 Å². The van der Waals surface area contributed by atoms with Crippen LogP contribution in [-0.2, 0) is 14.3 Å². The van der Waals surface area contributed by atoms with E-state index in [9.17, 15) is 4.79 Å². The van der Waals surface area contributed by atoms with Crippen molar-refractivity contribution in [2.75, 3.05) is 40.0 Å². The Hall–Kier alpha value is -0.320. The summed E-state index contributed by atoms with van der Waals surface area (Å²) < 4.78 is 9.98. The van der Waals surface area contributed by atoms with Gasteiger partial charge in [0.1, 0.15) is 6.61 Å². The first kappa shape index (κ1) is 12.7. The molecule has 1 heterocycles. The standard InChI is InChI=1S/C10H18ClNO3/c1-14-6-7-15-8-10(13)12-4-2-9(11)3-5-12/h9H,2-8H2,1H3. The minimum Gasteiger partial charge on any atom is -0.382 e. The molecular weight excluding hydrogens is 218 g/mol. The van der Waals surface area contributed by atoms with Gasteiger partial charge in [0.15, 0.2) is 0 Å². The van der Waals surface area contributed by atoms with E-state index in [0.29, 0.717) is 13.2 Å². The lowest BCUT2D eigenvalue weighted by atomic mass is 10.1. The molecule has 1 fully saturated rings. The average molecular weight is 236 g/mol. The Bertz CT molecular complexity index is 193. The summed E-state index contributed by atoms with van der Waals surface area (Å²) in [6.45, 7) is 2.64. The third kappa shape index (κ3) is 4.82. The minimum atomic E-state index is 0.0506. The molecule has 15 heavy (non-hydrogen) atoms. The molecule has 1 aliphatic heterocycles. The molecule has 4 nitrogen and oxygen atoms in total. The van der Waals surface area contributed by atoms with Crippen LogP contribution in [0.15, 0.2) is 0 Å². The number of likely N-dealkylation sites (tertiary alicyclic amines) is 1. The van der Waals surface area contributed by atoms with Crippen LogP contribution in [0.5, 0.6) is 0 Å². The van der Waals surface area contributed by atoms with Crippen LogP contribution in [0, 0.1) is 0 Å². The first-order valence-electron chi connectivity index (χ1n) is 5.22. The summed E-state index contributed by atoms with van der Waals surface area (Å²) in [7, 11) is 1.61. The molecule has 0 aromatic heterocycles. The second kappa shape index (κ2) is 7.04. The van der Waals surface area contributed by atoms with Gasteiger partial charge in [0.05, 0.1) is 13.2 Å². The summed E-state index contributed by atoms with van der Waals surface area (Å²) in [6, 6.07) is 0. The fourth-order valence-electron chi connectivity index (χ4n) is 1.49. The van der Waals surface area contributed by atoms with Gasteiger partial charge in [-0.05, 0) is 12.8 Å². The van der Waals surface area contributed by atoms with Gasteiger partial charge in [0.2, 0.25) is 5.91 Å². The number of hydrogen-bond donors (Lipinski definition) is 0. The predicted molar refractivity (Wildman–Crippen MR) is 58.2 cm³/mol. The van der Waals surface area contributed by atoms with Crippen molar-refractivity contribution < 1.29 is 14.3 Å². The first-order valence-corrected chi connectivity index (χ1v) is 5.66. The molecule has 1 saturated heterocycles. The van der Waals surface area contributed by atoms with E-state index >= 15 is 0 Å². The summed E-state index contributed by atoms with van der Waals surface area (Å²) in [6.07, 6.45) is 1.76. The molecule has 1 aliphatic rings. The molecule has 0 radical (unpaired) electrons. The predicted octanol–water partition coefficient (Wildman–Crippen LogP) is 0.879. The normalized spacial score (nSPS) is 18.1. The van der Waals surface area contributed by atoms with Gasteiger partial charge in [0.25, 0.3) is 0 Å².